The van der Waals surface area contributed by atoms with Gasteiger partial charge >= 0.3 is 0 Å². The largest absolute Gasteiger partial charge is 0.491 e. The van der Waals surface area contributed by atoms with Gasteiger partial charge in [0, 0.05) is 38.2 Å². The van der Waals surface area contributed by atoms with Gasteiger partial charge in [0.05, 0.1) is 12.6 Å². The molecule has 160 valence electrons. The van der Waals surface area contributed by atoms with Crippen molar-refractivity contribution in [2.24, 2.45) is 4.99 Å². The summed E-state index contributed by atoms with van der Waals surface area (Å²) in [6.07, 6.45) is 0.574. The Morgan fingerprint density at radius 3 is 2.43 bits per heavy atom. The highest BCUT2D eigenvalue weighted by molar-refractivity contribution is 14.0. The molecular formula is C21H37IN4O2. The number of nitrogens with zero attached hydrogens (tertiary/aromatic N) is 2. The minimum Gasteiger partial charge on any atom is -0.491 e. The van der Waals surface area contributed by atoms with E-state index in [1.165, 1.54) is 5.56 Å². The van der Waals surface area contributed by atoms with E-state index >= 15 is 0 Å². The van der Waals surface area contributed by atoms with Gasteiger partial charge in [-0.1, -0.05) is 12.1 Å². The molecule has 0 radical (unpaired) electrons. The second-order valence-corrected chi connectivity index (χ2v) is 6.72. The molecule has 0 bridgehead atoms. The zero-order valence-corrected chi connectivity index (χ0v) is 20.5. The Balaban J connectivity index is 0.00000729. The van der Waals surface area contributed by atoms with Crippen LogP contribution in [0.4, 0.5) is 0 Å². The first kappa shape index (κ1) is 26.5. The van der Waals surface area contributed by atoms with Gasteiger partial charge in [-0.15, -0.1) is 24.0 Å². The van der Waals surface area contributed by atoms with Crippen molar-refractivity contribution >= 4 is 35.8 Å². The van der Waals surface area contributed by atoms with Gasteiger partial charge in [0.25, 0.3) is 0 Å². The van der Waals surface area contributed by atoms with E-state index in [1.807, 2.05) is 45.6 Å². The third-order valence-corrected chi connectivity index (χ3v) is 4.08. The number of nitrogens with one attached hydrogen (secondary N) is 2. The molecule has 1 amide bonds. The van der Waals surface area contributed by atoms with Gasteiger partial charge in [-0.2, -0.15) is 0 Å². The maximum Gasteiger partial charge on any atom is 0.224 e. The van der Waals surface area contributed by atoms with Crippen molar-refractivity contribution in [2.45, 2.75) is 60.6 Å². The number of hydrogen-bond donors (Lipinski definition) is 2. The van der Waals surface area contributed by atoms with E-state index in [0.29, 0.717) is 25.5 Å². The Morgan fingerprint density at radius 1 is 1.18 bits per heavy atom. The van der Waals surface area contributed by atoms with Gasteiger partial charge in [-0.05, 0) is 53.2 Å². The summed E-state index contributed by atoms with van der Waals surface area (Å²) in [5, 5.41) is 6.48. The molecule has 28 heavy (non-hydrogen) atoms. The van der Waals surface area contributed by atoms with Crippen molar-refractivity contribution in [3.63, 3.8) is 0 Å². The number of aliphatic imine (C=N–C) groups is 1. The second kappa shape index (κ2) is 14.5. The molecule has 1 aromatic carbocycles. The van der Waals surface area contributed by atoms with Crippen LogP contribution < -0.4 is 15.4 Å². The standard InChI is InChI=1S/C21H36N4O2.HI/c1-7-22-21(23-13-12-20(26)25(8-2)9-3)24-15-18-11-10-17(6)14-19(18)27-16(4)5;/h10-11,14,16H,7-9,12-13,15H2,1-6H3,(H2,22,23,24);1H. The van der Waals surface area contributed by atoms with Crippen LogP contribution >= 0.6 is 24.0 Å². The van der Waals surface area contributed by atoms with Crippen molar-refractivity contribution in [2.75, 3.05) is 26.2 Å². The fourth-order valence-corrected chi connectivity index (χ4v) is 2.68. The van der Waals surface area contributed by atoms with Crippen molar-refractivity contribution in [1.29, 1.82) is 0 Å². The Hall–Kier alpha value is -1.51. The SMILES string of the molecule is CCNC(=NCc1ccc(C)cc1OC(C)C)NCCC(=O)N(CC)CC.I. The molecule has 0 aromatic heterocycles. The summed E-state index contributed by atoms with van der Waals surface area (Å²) in [4.78, 5) is 18.6. The first-order chi connectivity index (χ1) is 12.9. The highest BCUT2D eigenvalue weighted by Crippen LogP contribution is 2.22. The molecule has 0 aliphatic carbocycles. The summed E-state index contributed by atoms with van der Waals surface area (Å²) in [5.74, 6) is 1.75. The van der Waals surface area contributed by atoms with Crippen LogP contribution in [0.1, 0.15) is 52.2 Å². The molecule has 0 spiro atoms. The highest BCUT2D eigenvalue weighted by Gasteiger charge is 2.10. The third kappa shape index (κ3) is 9.61. The number of rotatable bonds is 10. The topological polar surface area (TPSA) is 66.0 Å². The molecule has 0 atom stereocenters. The summed E-state index contributed by atoms with van der Waals surface area (Å²) < 4.78 is 5.92. The molecular weight excluding hydrogens is 467 g/mol. The number of amides is 1. The molecule has 1 rings (SSSR count). The van der Waals surface area contributed by atoms with E-state index < -0.39 is 0 Å². The predicted octanol–water partition coefficient (Wildman–Crippen LogP) is 3.71. The van der Waals surface area contributed by atoms with Crippen LogP contribution in [0.15, 0.2) is 23.2 Å². The van der Waals surface area contributed by atoms with E-state index in [4.69, 9.17) is 4.74 Å². The van der Waals surface area contributed by atoms with Gasteiger partial charge < -0.3 is 20.3 Å². The molecule has 0 unspecified atom stereocenters. The molecule has 2 N–H and O–H groups in total. The Morgan fingerprint density at radius 2 is 1.86 bits per heavy atom. The first-order valence-corrected chi connectivity index (χ1v) is 9.97. The van der Waals surface area contributed by atoms with Gasteiger partial charge in [0.15, 0.2) is 5.96 Å². The monoisotopic (exact) mass is 504 g/mol. The number of halogens is 1. The lowest BCUT2D eigenvalue weighted by molar-refractivity contribution is -0.130. The second-order valence-electron chi connectivity index (χ2n) is 6.72. The number of hydrogen-bond acceptors (Lipinski definition) is 3. The summed E-state index contributed by atoms with van der Waals surface area (Å²) in [7, 11) is 0. The number of aryl methyl sites for hydroxylation is 1. The van der Waals surface area contributed by atoms with E-state index in [1.54, 1.807) is 0 Å². The zero-order chi connectivity index (χ0) is 20.2. The molecule has 0 saturated carbocycles. The zero-order valence-electron chi connectivity index (χ0n) is 18.2. The lowest BCUT2D eigenvalue weighted by Gasteiger charge is -2.19. The fraction of sp³-hybridized carbons (Fsp3) is 0.619. The molecule has 1 aromatic rings. The molecule has 0 aliphatic heterocycles. The van der Waals surface area contributed by atoms with Gasteiger partial charge in [-0.3, -0.25) is 4.79 Å². The molecule has 7 heteroatoms. The smallest absolute Gasteiger partial charge is 0.224 e. The van der Waals surface area contributed by atoms with E-state index in [-0.39, 0.29) is 36.0 Å². The summed E-state index contributed by atoms with van der Waals surface area (Å²) in [6.45, 7) is 15.5. The predicted molar refractivity (Wildman–Crippen MR) is 128 cm³/mol. The van der Waals surface area contributed by atoms with Crippen molar-refractivity contribution in [3.05, 3.63) is 29.3 Å². The quantitative estimate of drug-likeness (QED) is 0.290. The van der Waals surface area contributed by atoms with Crippen LogP contribution in [0.25, 0.3) is 0 Å². The Kier molecular flexibility index (Phi) is 13.7. The number of carbonyl (C=O) groups is 1. The maximum atomic E-state index is 12.1. The third-order valence-electron chi connectivity index (χ3n) is 4.08. The number of guanidine groups is 1. The molecule has 6 nitrogen and oxygen atoms in total. The van der Waals surface area contributed by atoms with Crippen LogP contribution in [0.3, 0.4) is 0 Å². The molecule has 0 saturated heterocycles. The number of benzene rings is 1. The average Bonchev–Trinajstić information content (AvgIpc) is 2.61. The number of carbonyl (C=O) groups excluding carboxylic acids is 1. The van der Waals surface area contributed by atoms with E-state index in [9.17, 15) is 4.79 Å². The minimum atomic E-state index is 0. The first-order valence-electron chi connectivity index (χ1n) is 9.97. The van der Waals surface area contributed by atoms with Crippen LogP contribution in [-0.4, -0.2) is 49.0 Å². The Bertz CT molecular complexity index is 616. The van der Waals surface area contributed by atoms with Crippen molar-refractivity contribution in [3.8, 4) is 5.75 Å². The summed E-state index contributed by atoms with van der Waals surface area (Å²) >= 11 is 0. The average molecular weight is 504 g/mol. The normalized spacial score (nSPS) is 11.0. The molecule has 0 heterocycles. The van der Waals surface area contributed by atoms with E-state index in [0.717, 1.165) is 30.9 Å². The van der Waals surface area contributed by atoms with E-state index in [2.05, 4.69) is 34.7 Å². The number of ether oxygens (including phenoxy) is 1. The highest BCUT2D eigenvalue weighted by atomic mass is 127. The van der Waals surface area contributed by atoms with Crippen molar-refractivity contribution in [1.82, 2.24) is 15.5 Å². The Labute approximate surface area is 187 Å². The lowest BCUT2D eigenvalue weighted by Crippen LogP contribution is -2.40. The molecule has 0 fully saturated rings. The van der Waals surface area contributed by atoms with Gasteiger partial charge in [-0.25, -0.2) is 4.99 Å². The minimum absolute atomic E-state index is 0. The van der Waals surface area contributed by atoms with Crippen LogP contribution in [0, 0.1) is 6.92 Å². The fourth-order valence-electron chi connectivity index (χ4n) is 2.68. The summed E-state index contributed by atoms with van der Waals surface area (Å²) in [6, 6.07) is 6.18. The molecule has 0 aliphatic rings. The van der Waals surface area contributed by atoms with Crippen LogP contribution in [-0.2, 0) is 11.3 Å². The maximum absolute atomic E-state index is 12.1. The summed E-state index contributed by atoms with van der Waals surface area (Å²) in [5.41, 5.74) is 2.21. The van der Waals surface area contributed by atoms with Crippen molar-refractivity contribution < 1.29 is 9.53 Å². The van der Waals surface area contributed by atoms with Gasteiger partial charge in [0.1, 0.15) is 5.75 Å². The van der Waals surface area contributed by atoms with Crippen LogP contribution in [0.2, 0.25) is 0 Å². The lowest BCUT2D eigenvalue weighted by atomic mass is 10.1. The van der Waals surface area contributed by atoms with Gasteiger partial charge in [0.2, 0.25) is 5.91 Å². The van der Waals surface area contributed by atoms with Crippen LogP contribution in [0.5, 0.6) is 5.75 Å².